The minimum Gasteiger partial charge on any atom is -0.422 e. The van der Waals surface area contributed by atoms with Crippen LogP contribution in [0.4, 0.5) is 0 Å². The number of rotatable bonds is 3. The van der Waals surface area contributed by atoms with Crippen LogP contribution in [0.5, 0.6) is 0 Å². The van der Waals surface area contributed by atoms with Crippen molar-refractivity contribution in [2.45, 2.75) is 6.92 Å². The number of thiazole rings is 1. The molecule has 0 unspecified atom stereocenters. The van der Waals surface area contributed by atoms with Crippen molar-refractivity contribution in [2.75, 3.05) is 0 Å². The highest BCUT2D eigenvalue weighted by atomic mass is 32.1. The van der Waals surface area contributed by atoms with Crippen LogP contribution in [0.15, 0.2) is 56.4 Å². The molecule has 0 aliphatic carbocycles. The molecular weight excluding hydrogens is 364 g/mol. The number of aromatic nitrogens is 1. The Kier molecular flexibility index (Phi) is 4.25. The van der Waals surface area contributed by atoms with Gasteiger partial charge in [-0.25, -0.2) is 9.78 Å². The normalized spacial score (nSPS) is 11.6. The molecule has 0 atom stereocenters. The number of nitrogens with zero attached hydrogens (tertiary/aromatic N) is 2. The summed E-state index contributed by atoms with van der Waals surface area (Å²) in [5.41, 5.74) is 2.63. The molecule has 26 heavy (non-hydrogen) atoms. The van der Waals surface area contributed by atoms with Crippen molar-refractivity contribution in [2.24, 2.45) is 0 Å². The van der Waals surface area contributed by atoms with E-state index in [0.29, 0.717) is 27.4 Å². The van der Waals surface area contributed by atoms with E-state index >= 15 is 0 Å². The lowest BCUT2D eigenvalue weighted by Gasteiger charge is -1.99. The zero-order valence-electron chi connectivity index (χ0n) is 13.7. The third kappa shape index (κ3) is 2.99. The fraction of sp³-hybridized carbons (Fsp3) is 0.0500. The first-order chi connectivity index (χ1) is 12.7. The maximum absolute atomic E-state index is 12.3. The standard InChI is InChI=1S/C20H12N2O2S2/c1-12-6-7-25-18(12)9-14(10-21)19-22-16(11-26-19)15-8-13-4-2-3-5-17(13)24-20(15)23/h2-9,11H,1H3/b14-9+. The molecular formula is C20H12N2O2S2. The Morgan fingerprint density at radius 1 is 1.27 bits per heavy atom. The molecule has 6 heteroatoms. The Morgan fingerprint density at radius 3 is 2.88 bits per heavy atom. The molecule has 126 valence electrons. The molecule has 4 nitrogen and oxygen atoms in total. The van der Waals surface area contributed by atoms with Crippen molar-refractivity contribution in [3.05, 3.63) is 73.0 Å². The summed E-state index contributed by atoms with van der Waals surface area (Å²) in [6.07, 6.45) is 1.84. The van der Waals surface area contributed by atoms with E-state index in [1.165, 1.54) is 11.3 Å². The van der Waals surface area contributed by atoms with Gasteiger partial charge in [-0.2, -0.15) is 5.26 Å². The molecule has 0 spiro atoms. The summed E-state index contributed by atoms with van der Waals surface area (Å²) in [7, 11) is 0. The van der Waals surface area contributed by atoms with Gasteiger partial charge in [-0.05, 0) is 42.1 Å². The quantitative estimate of drug-likeness (QED) is 0.357. The molecule has 4 aromatic rings. The van der Waals surface area contributed by atoms with Crippen LogP contribution >= 0.6 is 22.7 Å². The highest BCUT2D eigenvalue weighted by Crippen LogP contribution is 2.29. The van der Waals surface area contributed by atoms with Gasteiger partial charge < -0.3 is 4.42 Å². The highest BCUT2D eigenvalue weighted by molar-refractivity contribution is 7.12. The number of thiophene rings is 1. The predicted octanol–water partition coefficient (Wildman–Crippen LogP) is 5.35. The van der Waals surface area contributed by atoms with Gasteiger partial charge in [0.25, 0.3) is 0 Å². The molecule has 0 aliphatic rings. The van der Waals surface area contributed by atoms with E-state index in [9.17, 15) is 10.1 Å². The van der Waals surface area contributed by atoms with Gasteiger partial charge in [-0.15, -0.1) is 22.7 Å². The molecule has 3 aromatic heterocycles. The molecule has 0 radical (unpaired) electrons. The van der Waals surface area contributed by atoms with Crippen molar-refractivity contribution in [3.63, 3.8) is 0 Å². The zero-order chi connectivity index (χ0) is 18.1. The van der Waals surface area contributed by atoms with Crippen LogP contribution in [0.2, 0.25) is 0 Å². The van der Waals surface area contributed by atoms with Crippen LogP contribution in [-0.2, 0) is 0 Å². The summed E-state index contributed by atoms with van der Waals surface area (Å²) in [5.74, 6) is 0. The minimum absolute atomic E-state index is 0.399. The van der Waals surface area contributed by atoms with Crippen molar-refractivity contribution in [3.8, 4) is 17.3 Å². The average Bonchev–Trinajstić information content (AvgIpc) is 3.28. The number of benzene rings is 1. The highest BCUT2D eigenvalue weighted by Gasteiger charge is 2.14. The number of hydrogen-bond donors (Lipinski definition) is 0. The summed E-state index contributed by atoms with van der Waals surface area (Å²) in [4.78, 5) is 17.8. The zero-order valence-corrected chi connectivity index (χ0v) is 15.4. The lowest BCUT2D eigenvalue weighted by atomic mass is 10.1. The van der Waals surface area contributed by atoms with E-state index in [2.05, 4.69) is 11.1 Å². The summed E-state index contributed by atoms with van der Waals surface area (Å²) in [5, 5.41) is 14.7. The van der Waals surface area contributed by atoms with E-state index in [-0.39, 0.29) is 0 Å². The Labute approximate surface area is 157 Å². The smallest absolute Gasteiger partial charge is 0.345 e. The Hall–Kier alpha value is -3.01. The molecule has 4 rings (SSSR count). The molecule has 0 fully saturated rings. The third-order valence-corrected chi connectivity index (χ3v) is 5.79. The van der Waals surface area contributed by atoms with Gasteiger partial charge in [0, 0.05) is 15.6 Å². The first kappa shape index (κ1) is 16.5. The average molecular weight is 376 g/mol. The molecule has 0 bridgehead atoms. The van der Waals surface area contributed by atoms with Gasteiger partial charge in [0.1, 0.15) is 16.7 Å². The van der Waals surface area contributed by atoms with Crippen LogP contribution in [0.1, 0.15) is 15.4 Å². The topological polar surface area (TPSA) is 66.9 Å². The maximum atomic E-state index is 12.3. The lowest BCUT2D eigenvalue weighted by molar-refractivity contribution is 0.563. The SMILES string of the molecule is Cc1ccsc1/C=C(\C#N)c1nc(-c2cc3ccccc3oc2=O)cs1. The van der Waals surface area contributed by atoms with Crippen molar-refractivity contribution < 1.29 is 4.42 Å². The number of allylic oxidation sites excluding steroid dienone is 1. The number of hydrogen-bond acceptors (Lipinski definition) is 6. The molecule has 0 N–H and O–H groups in total. The first-order valence-corrected chi connectivity index (χ1v) is 9.56. The molecule has 0 amide bonds. The van der Waals surface area contributed by atoms with Crippen molar-refractivity contribution >= 4 is 45.3 Å². The number of nitriles is 1. The van der Waals surface area contributed by atoms with Gasteiger partial charge in [0.2, 0.25) is 0 Å². The van der Waals surface area contributed by atoms with Gasteiger partial charge >= 0.3 is 5.63 Å². The minimum atomic E-state index is -0.433. The van der Waals surface area contributed by atoms with Crippen LogP contribution in [0, 0.1) is 18.3 Å². The Morgan fingerprint density at radius 2 is 2.12 bits per heavy atom. The molecule has 3 heterocycles. The van der Waals surface area contributed by atoms with E-state index in [1.54, 1.807) is 28.8 Å². The summed E-state index contributed by atoms with van der Waals surface area (Å²) in [6, 6.07) is 13.3. The fourth-order valence-corrected chi connectivity index (χ4v) is 4.21. The fourth-order valence-electron chi connectivity index (χ4n) is 2.57. The van der Waals surface area contributed by atoms with Crippen molar-refractivity contribution in [1.29, 1.82) is 5.26 Å². The van der Waals surface area contributed by atoms with E-state index in [0.717, 1.165) is 15.8 Å². The van der Waals surface area contributed by atoms with Crippen LogP contribution in [0.25, 0.3) is 33.9 Å². The van der Waals surface area contributed by atoms with E-state index in [1.807, 2.05) is 42.6 Å². The number of fused-ring (bicyclic) bond motifs is 1. The second-order valence-corrected chi connectivity index (χ2v) is 7.47. The number of aryl methyl sites for hydroxylation is 1. The van der Waals surface area contributed by atoms with E-state index < -0.39 is 5.63 Å². The molecule has 0 aliphatic heterocycles. The Bertz CT molecular complexity index is 1240. The van der Waals surface area contributed by atoms with Crippen molar-refractivity contribution in [1.82, 2.24) is 4.98 Å². The van der Waals surface area contributed by atoms with Crippen LogP contribution < -0.4 is 5.63 Å². The Balaban J connectivity index is 1.78. The summed E-state index contributed by atoms with van der Waals surface area (Å²) < 4.78 is 5.38. The monoisotopic (exact) mass is 376 g/mol. The largest absolute Gasteiger partial charge is 0.422 e. The molecule has 1 aromatic carbocycles. The third-order valence-electron chi connectivity index (χ3n) is 3.95. The van der Waals surface area contributed by atoms with Gasteiger partial charge in [0.15, 0.2) is 0 Å². The second kappa shape index (κ2) is 6.71. The summed E-state index contributed by atoms with van der Waals surface area (Å²) in [6.45, 7) is 2.00. The number of para-hydroxylation sites is 1. The molecule has 0 saturated carbocycles. The maximum Gasteiger partial charge on any atom is 0.345 e. The first-order valence-electron chi connectivity index (χ1n) is 7.81. The predicted molar refractivity (Wildman–Crippen MR) is 106 cm³/mol. The molecule has 0 saturated heterocycles. The summed E-state index contributed by atoms with van der Waals surface area (Å²) >= 11 is 2.92. The van der Waals surface area contributed by atoms with Gasteiger partial charge in [-0.3, -0.25) is 0 Å². The lowest BCUT2D eigenvalue weighted by Crippen LogP contribution is -2.02. The van der Waals surface area contributed by atoms with Crippen LogP contribution in [-0.4, -0.2) is 4.98 Å². The van der Waals surface area contributed by atoms with Gasteiger partial charge in [-0.1, -0.05) is 18.2 Å². The van der Waals surface area contributed by atoms with E-state index in [4.69, 9.17) is 4.42 Å². The van der Waals surface area contributed by atoms with Gasteiger partial charge in [0.05, 0.1) is 16.8 Å². The van der Waals surface area contributed by atoms with Crippen LogP contribution in [0.3, 0.4) is 0 Å². The second-order valence-electron chi connectivity index (χ2n) is 5.66.